The van der Waals surface area contributed by atoms with E-state index in [1.165, 1.54) is 0 Å². The van der Waals surface area contributed by atoms with Crippen LogP contribution in [0.15, 0.2) is 42.5 Å². The highest BCUT2D eigenvalue weighted by Crippen LogP contribution is 2.29. The summed E-state index contributed by atoms with van der Waals surface area (Å²) in [5.41, 5.74) is 7.19. The maximum absolute atomic E-state index is 9.30. The molecule has 0 aliphatic rings. The minimum Gasteiger partial charge on any atom is -0.508 e. The van der Waals surface area contributed by atoms with Crippen LogP contribution in [0.3, 0.4) is 0 Å². The summed E-state index contributed by atoms with van der Waals surface area (Å²) in [7, 11) is 0. The average Bonchev–Trinajstić information content (AvgIpc) is 2.58. The lowest BCUT2D eigenvalue weighted by Gasteiger charge is -2.09. The van der Waals surface area contributed by atoms with Crippen LogP contribution >= 0.6 is 11.6 Å². The molecule has 0 bridgehead atoms. The fourth-order valence-corrected chi connectivity index (χ4v) is 2.13. The lowest BCUT2D eigenvalue weighted by Crippen LogP contribution is -2.05. The Morgan fingerprint density at radius 2 is 1.56 bits per heavy atom. The molecule has 138 valence electrons. The maximum atomic E-state index is 9.30. The fourth-order valence-electron chi connectivity index (χ4n) is 1.79. The van der Waals surface area contributed by atoms with Gasteiger partial charge in [0.1, 0.15) is 11.5 Å². The number of halogens is 1. The quantitative estimate of drug-likeness (QED) is 0.601. The summed E-state index contributed by atoms with van der Waals surface area (Å²) in [6.45, 7) is 9.45. The Morgan fingerprint density at radius 1 is 1.08 bits per heavy atom. The highest BCUT2D eigenvalue weighted by atomic mass is 35.5. The molecule has 0 aliphatic carbocycles. The minimum absolute atomic E-state index is 0.160. The second-order valence-electron chi connectivity index (χ2n) is 4.73. The van der Waals surface area contributed by atoms with Gasteiger partial charge in [-0.2, -0.15) is 0 Å². The number of benzene rings is 2. The number of terminal acetylenes is 1. The summed E-state index contributed by atoms with van der Waals surface area (Å²) in [5, 5.41) is 18.9. The van der Waals surface area contributed by atoms with E-state index in [4.69, 9.17) is 22.4 Å². The van der Waals surface area contributed by atoms with Gasteiger partial charge in [-0.3, -0.25) is 0 Å². The van der Waals surface area contributed by atoms with Crippen LogP contribution in [0.5, 0.6) is 11.5 Å². The van der Waals surface area contributed by atoms with Gasteiger partial charge < -0.3 is 15.9 Å². The number of para-hydroxylation sites is 1. The van der Waals surface area contributed by atoms with Crippen LogP contribution in [0.2, 0.25) is 5.02 Å². The summed E-state index contributed by atoms with van der Waals surface area (Å²) in [5.74, 6) is 2.81. The fraction of sp³-hybridized carbons (Fsp3) is 0.333. The molecular formula is C21H30ClNO2. The van der Waals surface area contributed by atoms with Crippen LogP contribution < -0.4 is 5.73 Å². The van der Waals surface area contributed by atoms with Crippen molar-refractivity contribution >= 4 is 11.6 Å². The second-order valence-corrected chi connectivity index (χ2v) is 5.14. The van der Waals surface area contributed by atoms with E-state index in [1.54, 1.807) is 38.1 Å². The molecule has 0 saturated carbocycles. The number of nitrogens with two attached hydrogens (primary N) is 1. The van der Waals surface area contributed by atoms with Gasteiger partial charge in [0.25, 0.3) is 0 Å². The van der Waals surface area contributed by atoms with Gasteiger partial charge in [0, 0.05) is 16.6 Å². The molecule has 0 saturated heterocycles. The maximum Gasteiger partial charge on any atom is 0.121 e. The van der Waals surface area contributed by atoms with Crippen molar-refractivity contribution in [1.29, 1.82) is 0 Å². The van der Waals surface area contributed by atoms with E-state index in [9.17, 15) is 5.11 Å². The van der Waals surface area contributed by atoms with Crippen molar-refractivity contribution in [3.63, 3.8) is 0 Å². The summed E-state index contributed by atoms with van der Waals surface area (Å²) in [4.78, 5) is 0. The van der Waals surface area contributed by atoms with Gasteiger partial charge in [-0.25, -0.2) is 0 Å². The topological polar surface area (TPSA) is 66.5 Å². The predicted molar refractivity (Wildman–Crippen MR) is 109 cm³/mol. The Hall–Kier alpha value is -2.15. The molecule has 2 rings (SSSR count). The molecule has 0 heterocycles. The van der Waals surface area contributed by atoms with Gasteiger partial charge in [0.05, 0.1) is 0 Å². The number of hydrogen-bond donors (Lipinski definition) is 3. The largest absolute Gasteiger partial charge is 0.508 e. The third-order valence-electron chi connectivity index (χ3n) is 2.86. The summed E-state index contributed by atoms with van der Waals surface area (Å²) in [6.07, 6.45) is 5.49. The monoisotopic (exact) mass is 363 g/mol. The van der Waals surface area contributed by atoms with Crippen molar-refractivity contribution in [2.75, 3.05) is 0 Å². The van der Waals surface area contributed by atoms with Crippen LogP contribution in [-0.2, 0) is 6.42 Å². The first-order valence-corrected chi connectivity index (χ1v) is 8.63. The molecule has 0 radical (unpaired) electrons. The van der Waals surface area contributed by atoms with Crippen molar-refractivity contribution < 1.29 is 10.2 Å². The van der Waals surface area contributed by atoms with Gasteiger partial charge >= 0.3 is 0 Å². The van der Waals surface area contributed by atoms with E-state index >= 15 is 0 Å². The van der Waals surface area contributed by atoms with E-state index in [1.807, 2.05) is 39.0 Å². The molecule has 3 nitrogen and oxygen atoms in total. The number of phenolic OH excluding ortho intramolecular Hbond substituents is 2. The Balaban J connectivity index is 0. The molecule has 2 aromatic carbocycles. The molecule has 25 heavy (non-hydrogen) atoms. The van der Waals surface area contributed by atoms with Gasteiger partial charge in [-0.15, -0.1) is 12.3 Å². The van der Waals surface area contributed by atoms with Crippen molar-refractivity contribution in [2.45, 2.75) is 47.1 Å². The first-order chi connectivity index (χ1) is 11.9. The van der Waals surface area contributed by atoms with Gasteiger partial charge in [0.2, 0.25) is 0 Å². The van der Waals surface area contributed by atoms with Crippen LogP contribution in [0.1, 0.15) is 51.8 Å². The summed E-state index contributed by atoms with van der Waals surface area (Å²) < 4.78 is 0. The standard InChI is InChI=1S/C8H10ClNO.C8H10O.C3H4.C2H6/c1-5(10)8-6(9)3-2-4-7(8)11;1-2-7-5-3-4-6-8(7)9;1-3-2;1-2/h2-5,11H,10H2,1H3;3-6,9H,2H2,1H3;1H,2H3;1-2H3. The molecule has 4 N–H and O–H groups in total. The molecule has 1 unspecified atom stereocenters. The van der Waals surface area contributed by atoms with Crippen molar-refractivity contribution in [3.05, 3.63) is 58.6 Å². The first-order valence-electron chi connectivity index (χ1n) is 8.26. The predicted octanol–water partition coefficient (Wildman–Crippen LogP) is 5.69. The minimum atomic E-state index is -0.233. The molecule has 0 amide bonds. The molecule has 1 atom stereocenters. The van der Waals surface area contributed by atoms with E-state index in [2.05, 4.69) is 12.3 Å². The highest BCUT2D eigenvalue weighted by Gasteiger charge is 2.09. The number of phenols is 2. The van der Waals surface area contributed by atoms with Gasteiger partial charge in [-0.1, -0.05) is 56.6 Å². The zero-order valence-electron chi connectivity index (χ0n) is 15.8. The Morgan fingerprint density at radius 3 is 1.88 bits per heavy atom. The normalized spacial score (nSPS) is 9.68. The molecule has 0 fully saturated rings. The van der Waals surface area contributed by atoms with Gasteiger partial charge in [-0.05, 0) is 44.0 Å². The molecule has 0 aromatic heterocycles. The third-order valence-corrected chi connectivity index (χ3v) is 3.19. The van der Waals surface area contributed by atoms with Crippen molar-refractivity contribution in [2.24, 2.45) is 5.73 Å². The highest BCUT2D eigenvalue weighted by molar-refractivity contribution is 6.31. The average molecular weight is 364 g/mol. The second kappa shape index (κ2) is 15.4. The lowest BCUT2D eigenvalue weighted by atomic mass is 10.1. The van der Waals surface area contributed by atoms with E-state index in [-0.39, 0.29) is 11.8 Å². The number of aromatic hydroxyl groups is 2. The Labute approximate surface area is 157 Å². The van der Waals surface area contributed by atoms with Crippen LogP contribution in [0.25, 0.3) is 0 Å². The zero-order valence-corrected chi connectivity index (χ0v) is 16.5. The van der Waals surface area contributed by atoms with Crippen LogP contribution in [0, 0.1) is 12.3 Å². The smallest absolute Gasteiger partial charge is 0.121 e. The van der Waals surface area contributed by atoms with Crippen molar-refractivity contribution in [1.82, 2.24) is 0 Å². The van der Waals surface area contributed by atoms with E-state index in [0.29, 0.717) is 16.3 Å². The molecule has 2 aromatic rings. The van der Waals surface area contributed by atoms with Gasteiger partial charge in [0.15, 0.2) is 0 Å². The lowest BCUT2D eigenvalue weighted by molar-refractivity contribution is 0.464. The number of rotatable bonds is 2. The molecular weight excluding hydrogens is 334 g/mol. The third kappa shape index (κ3) is 10.3. The van der Waals surface area contributed by atoms with Crippen LogP contribution in [0.4, 0.5) is 0 Å². The Kier molecular flexibility index (Phi) is 15.4. The zero-order chi connectivity index (χ0) is 19.8. The number of aryl methyl sites for hydroxylation is 1. The van der Waals surface area contributed by atoms with E-state index in [0.717, 1.165) is 12.0 Å². The Bertz CT molecular complexity index is 614. The van der Waals surface area contributed by atoms with Crippen molar-refractivity contribution in [3.8, 4) is 23.8 Å². The SMILES string of the molecule is C#CC.CC.CC(N)c1c(O)cccc1Cl.CCc1ccccc1O. The molecule has 4 heteroatoms. The van der Waals surface area contributed by atoms with Crippen LogP contribution in [-0.4, -0.2) is 10.2 Å². The first kappa shape index (κ1) is 25.1. The molecule has 0 spiro atoms. The summed E-state index contributed by atoms with van der Waals surface area (Å²) in [6, 6.07) is 12.1. The summed E-state index contributed by atoms with van der Waals surface area (Å²) >= 11 is 5.78. The number of hydrogen-bond acceptors (Lipinski definition) is 3. The van der Waals surface area contributed by atoms with E-state index < -0.39 is 0 Å². The molecule has 0 aliphatic heterocycles.